The van der Waals surface area contributed by atoms with E-state index < -0.39 is 0 Å². The third kappa shape index (κ3) is 5.69. The van der Waals surface area contributed by atoms with E-state index in [1.165, 1.54) is 10.5 Å². The Bertz CT molecular complexity index is 573. The van der Waals surface area contributed by atoms with Gasteiger partial charge in [0.1, 0.15) is 24.6 Å². The molecule has 0 aromatic heterocycles. The molecule has 1 fully saturated rings. The Morgan fingerprint density at radius 3 is 2.67 bits per heavy atom. The van der Waals surface area contributed by atoms with Gasteiger partial charge in [0.25, 0.3) is 0 Å². The summed E-state index contributed by atoms with van der Waals surface area (Å²) in [6, 6.07) is 8.37. The van der Waals surface area contributed by atoms with Crippen LogP contribution in [0.5, 0.6) is 5.75 Å². The van der Waals surface area contributed by atoms with Gasteiger partial charge < -0.3 is 14.2 Å². The largest absolute Gasteiger partial charge is 0.491 e. The van der Waals surface area contributed by atoms with Gasteiger partial charge >= 0.3 is 0 Å². The predicted octanol–water partition coefficient (Wildman–Crippen LogP) is 4.55. The van der Waals surface area contributed by atoms with Gasteiger partial charge in [-0.05, 0) is 30.0 Å². The molecule has 4 heteroatoms. The Hall–Kier alpha value is -1.23. The summed E-state index contributed by atoms with van der Waals surface area (Å²) in [5.41, 5.74) is 1.33. The first kappa shape index (κ1) is 17.6. The molecule has 0 bridgehead atoms. The summed E-state index contributed by atoms with van der Waals surface area (Å²) < 4.78 is 17.2. The maximum Gasteiger partial charge on any atom is 0.119 e. The minimum atomic E-state index is 0.0684. The lowest BCUT2D eigenvalue weighted by Gasteiger charge is -2.18. The van der Waals surface area contributed by atoms with E-state index in [4.69, 9.17) is 14.2 Å². The second-order valence-corrected chi connectivity index (χ2v) is 7.59. The molecule has 1 aromatic rings. The number of allylic oxidation sites excluding steroid dienone is 3. The predicted molar refractivity (Wildman–Crippen MR) is 99.8 cm³/mol. The van der Waals surface area contributed by atoms with E-state index in [1.54, 1.807) is 0 Å². The van der Waals surface area contributed by atoms with E-state index in [9.17, 15) is 0 Å². The maximum absolute atomic E-state index is 5.99. The van der Waals surface area contributed by atoms with Crippen LogP contribution < -0.4 is 4.74 Å². The Kier molecular flexibility index (Phi) is 6.41. The lowest BCUT2D eigenvalue weighted by molar-refractivity contribution is 0.0270. The van der Waals surface area contributed by atoms with Crippen molar-refractivity contribution in [1.82, 2.24) is 0 Å². The third-order valence-electron chi connectivity index (χ3n) is 4.08. The molecular weight excluding hydrogens is 320 g/mol. The van der Waals surface area contributed by atoms with Gasteiger partial charge in [0.15, 0.2) is 0 Å². The summed E-state index contributed by atoms with van der Waals surface area (Å²) in [6.45, 7) is 6.45. The highest BCUT2D eigenvalue weighted by Crippen LogP contribution is 2.25. The zero-order chi connectivity index (χ0) is 16.8. The second kappa shape index (κ2) is 8.75. The number of hydrogen-bond acceptors (Lipinski definition) is 4. The van der Waals surface area contributed by atoms with Gasteiger partial charge in [-0.3, -0.25) is 0 Å². The highest BCUT2D eigenvalue weighted by atomic mass is 32.2. The Morgan fingerprint density at radius 2 is 2.04 bits per heavy atom. The van der Waals surface area contributed by atoms with Crippen LogP contribution in [0.2, 0.25) is 0 Å². The number of rotatable bonds is 10. The van der Waals surface area contributed by atoms with Crippen molar-refractivity contribution < 1.29 is 14.2 Å². The molecule has 3 rings (SSSR count). The fourth-order valence-corrected chi connectivity index (χ4v) is 3.40. The molecule has 1 saturated heterocycles. The van der Waals surface area contributed by atoms with Crippen LogP contribution in [0.3, 0.4) is 0 Å². The van der Waals surface area contributed by atoms with Crippen molar-refractivity contribution in [2.45, 2.75) is 38.4 Å². The number of ether oxygens (including phenoxy) is 3. The third-order valence-corrected chi connectivity index (χ3v) is 5.25. The van der Waals surface area contributed by atoms with E-state index in [-0.39, 0.29) is 12.2 Å². The van der Waals surface area contributed by atoms with Crippen molar-refractivity contribution in [3.05, 3.63) is 53.0 Å². The van der Waals surface area contributed by atoms with Crippen LogP contribution in [0.15, 0.2) is 47.4 Å². The minimum absolute atomic E-state index is 0.0684. The highest BCUT2D eigenvalue weighted by Gasteiger charge is 2.24. The second-order valence-electron chi connectivity index (χ2n) is 6.50. The molecule has 1 aliphatic carbocycles. The smallest absolute Gasteiger partial charge is 0.119 e. The van der Waals surface area contributed by atoms with Gasteiger partial charge in [0.2, 0.25) is 0 Å². The molecule has 0 saturated carbocycles. The quantitative estimate of drug-likeness (QED) is 0.582. The summed E-state index contributed by atoms with van der Waals surface area (Å²) in [4.78, 5) is 1.33. The van der Waals surface area contributed by atoms with E-state index in [0.29, 0.717) is 19.1 Å². The van der Waals surface area contributed by atoms with Crippen LogP contribution in [-0.4, -0.2) is 37.8 Å². The van der Waals surface area contributed by atoms with Gasteiger partial charge in [0, 0.05) is 10.7 Å². The van der Waals surface area contributed by atoms with Crippen LogP contribution in [-0.2, 0) is 9.47 Å². The SMILES string of the molecule is CC(C)c1ccc(OCC(CSC2=CCC=C2)OCC2CO2)cc1. The molecule has 0 N–H and O–H groups in total. The van der Waals surface area contributed by atoms with Crippen molar-refractivity contribution in [2.24, 2.45) is 0 Å². The van der Waals surface area contributed by atoms with Gasteiger partial charge in [-0.15, -0.1) is 11.8 Å². The molecule has 2 atom stereocenters. The molecule has 1 aromatic carbocycles. The molecule has 3 nitrogen and oxygen atoms in total. The Balaban J connectivity index is 1.48. The molecule has 0 radical (unpaired) electrons. The molecular formula is C20H26O3S. The molecule has 0 spiro atoms. The molecule has 0 amide bonds. The highest BCUT2D eigenvalue weighted by molar-refractivity contribution is 8.03. The lowest BCUT2D eigenvalue weighted by atomic mass is 10.0. The monoisotopic (exact) mass is 346 g/mol. The maximum atomic E-state index is 5.99. The van der Waals surface area contributed by atoms with Crippen molar-refractivity contribution in [1.29, 1.82) is 0 Å². The summed E-state index contributed by atoms with van der Waals surface area (Å²) in [5.74, 6) is 2.34. The summed E-state index contributed by atoms with van der Waals surface area (Å²) >= 11 is 1.83. The normalized spacial score (nSPS) is 20.3. The first-order chi connectivity index (χ1) is 11.7. The Labute approximate surface area is 149 Å². The van der Waals surface area contributed by atoms with E-state index in [0.717, 1.165) is 24.5 Å². The van der Waals surface area contributed by atoms with Crippen molar-refractivity contribution in [3.8, 4) is 5.75 Å². The lowest BCUT2D eigenvalue weighted by Crippen LogP contribution is -2.26. The van der Waals surface area contributed by atoms with Gasteiger partial charge in [-0.25, -0.2) is 0 Å². The summed E-state index contributed by atoms with van der Waals surface area (Å²) in [6.07, 6.45) is 8.01. The Morgan fingerprint density at radius 1 is 1.25 bits per heavy atom. The van der Waals surface area contributed by atoms with Crippen LogP contribution in [0.1, 0.15) is 31.7 Å². The van der Waals surface area contributed by atoms with Crippen molar-refractivity contribution >= 4 is 11.8 Å². The molecule has 1 heterocycles. The molecule has 24 heavy (non-hydrogen) atoms. The summed E-state index contributed by atoms with van der Waals surface area (Å²) in [5, 5.41) is 0. The van der Waals surface area contributed by atoms with Crippen molar-refractivity contribution in [2.75, 3.05) is 25.6 Å². The molecule has 130 valence electrons. The number of thioether (sulfide) groups is 1. The summed E-state index contributed by atoms with van der Waals surface area (Å²) in [7, 11) is 0. The van der Waals surface area contributed by atoms with Gasteiger partial charge in [-0.1, -0.05) is 44.2 Å². The fourth-order valence-electron chi connectivity index (χ4n) is 2.42. The molecule has 2 unspecified atom stereocenters. The number of epoxide rings is 1. The number of hydrogen-bond donors (Lipinski definition) is 0. The fraction of sp³-hybridized carbons (Fsp3) is 0.500. The standard InChI is InChI=1S/C20H26O3S/c1-15(2)16-7-9-17(10-8-16)21-13-19(23-12-18-11-22-18)14-24-20-5-3-4-6-20/h3,5-10,15,18-19H,4,11-14H2,1-2H3. The molecule has 1 aliphatic heterocycles. The van der Waals surface area contributed by atoms with E-state index in [2.05, 4.69) is 44.2 Å². The van der Waals surface area contributed by atoms with Gasteiger partial charge in [0.05, 0.1) is 13.2 Å². The van der Waals surface area contributed by atoms with E-state index >= 15 is 0 Å². The zero-order valence-corrected chi connectivity index (χ0v) is 15.3. The van der Waals surface area contributed by atoms with Crippen LogP contribution >= 0.6 is 11.8 Å². The topological polar surface area (TPSA) is 31.0 Å². The zero-order valence-electron chi connectivity index (χ0n) is 14.4. The average molecular weight is 346 g/mol. The van der Waals surface area contributed by atoms with E-state index in [1.807, 2.05) is 23.9 Å². The first-order valence-electron chi connectivity index (χ1n) is 8.66. The first-order valence-corrected chi connectivity index (χ1v) is 9.64. The minimum Gasteiger partial charge on any atom is -0.491 e. The van der Waals surface area contributed by atoms with Crippen LogP contribution in [0, 0.1) is 0 Å². The molecule has 2 aliphatic rings. The van der Waals surface area contributed by atoms with Crippen LogP contribution in [0.4, 0.5) is 0 Å². The van der Waals surface area contributed by atoms with Crippen LogP contribution in [0.25, 0.3) is 0 Å². The van der Waals surface area contributed by atoms with Crippen molar-refractivity contribution in [3.63, 3.8) is 0 Å². The number of benzene rings is 1. The average Bonchev–Trinajstić information content (AvgIpc) is 3.27. The van der Waals surface area contributed by atoms with Gasteiger partial charge in [-0.2, -0.15) is 0 Å².